The number of aromatic nitrogens is 1. The van der Waals surface area contributed by atoms with Gasteiger partial charge >= 0.3 is 0 Å². The van der Waals surface area contributed by atoms with E-state index in [2.05, 4.69) is 4.98 Å². The van der Waals surface area contributed by atoms with Crippen LogP contribution in [0.2, 0.25) is 0 Å². The van der Waals surface area contributed by atoms with Crippen molar-refractivity contribution in [3.63, 3.8) is 0 Å². The molecule has 0 aliphatic heterocycles. The molecule has 1 unspecified atom stereocenters. The zero-order valence-corrected chi connectivity index (χ0v) is 7.16. The third-order valence-corrected chi connectivity index (χ3v) is 2.62. The van der Waals surface area contributed by atoms with Crippen LogP contribution in [0.5, 0.6) is 0 Å². The number of primary amides is 1. The van der Waals surface area contributed by atoms with Crippen LogP contribution in [0.1, 0.15) is 17.5 Å². The van der Waals surface area contributed by atoms with Crippen LogP contribution >= 0.6 is 0 Å². The fraction of sp³-hybridized carbons (Fsp3) is 0.333. The van der Waals surface area contributed by atoms with Crippen molar-refractivity contribution in [2.24, 2.45) is 11.5 Å². The van der Waals surface area contributed by atoms with Crippen molar-refractivity contribution in [3.05, 3.63) is 29.6 Å². The normalized spacial score (nSPS) is 25.6. The van der Waals surface area contributed by atoms with Gasteiger partial charge in [-0.2, -0.15) is 0 Å². The Morgan fingerprint density at radius 2 is 2.38 bits per heavy atom. The summed E-state index contributed by atoms with van der Waals surface area (Å²) in [5.41, 5.74) is 12.0. The van der Waals surface area contributed by atoms with Gasteiger partial charge in [-0.25, -0.2) is 0 Å². The first kappa shape index (κ1) is 8.19. The number of hydrogen-bond donors (Lipinski definition) is 2. The highest BCUT2D eigenvalue weighted by Crippen LogP contribution is 2.33. The molecule has 0 bridgehead atoms. The summed E-state index contributed by atoms with van der Waals surface area (Å²) in [6.07, 6.45) is 4.72. The Kier molecular flexibility index (Phi) is 1.60. The van der Waals surface area contributed by atoms with Gasteiger partial charge in [0.25, 0.3) is 0 Å². The number of pyridine rings is 1. The van der Waals surface area contributed by atoms with Crippen molar-refractivity contribution in [2.45, 2.75) is 18.4 Å². The number of nitrogens with two attached hydrogens (primary N) is 2. The van der Waals surface area contributed by atoms with Gasteiger partial charge < -0.3 is 11.5 Å². The van der Waals surface area contributed by atoms with E-state index >= 15 is 0 Å². The first-order valence-electron chi connectivity index (χ1n) is 4.17. The topological polar surface area (TPSA) is 82.0 Å². The van der Waals surface area contributed by atoms with Gasteiger partial charge in [-0.3, -0.25) is 9.78 Å². The minimum absolute atomic E-state index is 0.473. The second kappa shape index (κ2) is 2.53. The third kappa shape index (κ3) is 1.02. The van der Waals surface area contributed by atoms with Gasteiger partial charge in [0.15, 0.2) is 0 Å². The standard InChI is InChI=1S/C9H11N3O/c10-8(13)9(11)3-1-6-2-4-12-5-7(6)9/h2,4-5H,1,3,11H2,(H2,10,13). The van der Waals surface area contributed by atoms with Gasteiger partial charge in [0.05, 0.1) is 0 Å². The Hall–Kier alpha value is -1.42. The van der Waals surface area contributed by atoms with Gasteiger partial charge in [0, 0.05) is 18.0 Å². The lowest BCUT2D eigenvalue weighted by molar-refractivity contribution is -0.123. The highest BCUT2D eigenvalue weighted by Gasteiger charge is 2.40. The fourth-order valence-electron chi connectivity index (χ4n) is 1.77. The molecule has 0 aromatic carbocycles. The summed E-state index contributed by atoms with van der Waals surface area (Å²) in [6, 6.07) is 1.88. The van der Waals surface area contributed by atoms with E-state index in [9.17, 15) is 4.79 Å². The number of aryl methyl sites for hydroxylation is 1. The Morgan fingerprint density at radius 1 is 1.62 bits per heavy atom. The molecule has 0 fully saturated rings. The monoisotopic (exact) mass is 177 g/mol. The molecular weight excluding hydrogens is 166 g/mol. The van der Waals surface area contributed by atoms with Crippen molar-refractivity contribution >= 4 is 5.91 Å². The Bertz CT molecular complexity index is 364. The molecule has 4 nitrogen and oxygen atoms in total. The average Bonchev–Trinajstić information content (AvgIpc) is 2.47. The van der Waals surface area contributed by atoms with E-state index in [1.54, 1.807) is 12.4 Å². The zero-order chi connectivity index (χ0) is 9.47. The Balaban J connectivity index is 2.55. The van der Waals surface area contributed by atoms with E-state index < -0.39 is 11.4 Å². The van der Waals surface area contributed by atoms with E-state index in [1.165, 1.54) is 0 Å². The maximum absolute atomic E-state index is 11.2. The second-order valence-electron chi connectivity index (χ2n) is 3.37. The molecule has 1 aliphatic rings. The van der Waals surface area contributed by atoms with Gasteiger partial charge in [-0.05, 0) is 24.5 Å². The van der Waals surface area contributed by atoms with E-state index in [-0.39, 0.29) is 0 Å². The van der Waals surface area contributed by atoms with Crippen LogP contribution in [0.25, 0.3) is 0 Å². The van der Waals surface area contributed by atoms with Crippen LogP contribution in [-0.2, 0) is 16.8 Å². The van der Waals surface area contributed by atoms with Crippen LogP contribution in [0.4, 0.5) is 0 Å². The lowest BCUT2D eigenvalue weighted by Crippen LogP contribution is -2.47. The van der Waals surface area contributed by atoms with Gasteiger partial charge in [0.2, 0.25) is 5.91 Å². The summed E-state index contributed by atoms with van der Waals surface area (Å²) in [7, 11) is 0. The third-order valence-electron chi connectivity index (χ3n) is 2.62. The van der Waals surface area contributed by atoms with Crippen LogP contribution in [0, 0.1) is 0 Å². The molecule has 1 aromatic heterocycles. The van der Waals surface area contributed by atoms with Crippen molar-refractivity contribution in [2.75, 3.05) is 0 Å². The summed E-state index contributed by atoms with van der Waals surface area (Å²) in [6.45, 7) is 0. The van der Waals surface area contributed by atoms with E-state index in [1.807, 2.05) is 6.07 Å². The molecule has 13 heavy (non-hydrogen) atoms. The molecule has 0 spiro atoms. The molecule has 0 radical (unpaired) electrons. The summed E-state index contributed by atoms with van der Waals surface area (Å²) < 4.78 is 0. The Labute approximate surface area is 75.9 Å². The molecule has 1 aliphatic carbocycles. The van der Waals surface area contributed by atoms with Gasteiger partial charge in [0.1, 0.15) is 5.54 Å². The summed E-state index contributed by atoms with van der Waals surface area (Å²) in [5, 5.41) is 0. The molecule has 68 valence electrons. The van der Waals surface area contributed by atoms with Gasteiger partial charge in [-0.15, -0.1) is 0 Å². The summed E-state index contributed by atoms with van der Waals surface area (Å²) >= 11 is 0. The molecule has 1 aromatic rings. The predicted molar refractivity (Wildman–Crippen MR) is 47.6 cm³/mol. The van der Waals surface area contributed by atoms with Crippen LogP contribution in [-0.4, -0.2) is 10.9 Å². The lowest BCUT2D eigenvalue weighted by Gasteiger charge is -2.20. The minimum atomic E-state index is -0.996. The SMILES string of the molecule is NC(=O)C1(N)CCc2ccncc21. The summed E-state index contributed by atoms with van der Waals surface area (Å²) in [5.74, 6) is -0.473. The number of rotatable bonds is 1. The maximum atomic E-state index is 11.2. The van der Waals surface area contributed by atoms with E-state index in [0.717, 1.165) is 17.5 Å². The van der Waals surface area contributed by atoms with Gasteiger partial charge in [-0.1, -0.05) is 0 Å². The first-order chi connectivity index (χ1) is 6.14. The number of carbonyl (C=O) groups excluding carboxylic acids is 1. The second-order valence-corrected chi connectivity index (χ2v) is 3.37. The number of amides is 1. The lowest BCUT2D eigenvalue weighted by atomic mass is 9.94. The largest absolute Gasteiger partial charge is 0.368 e. The van der Waals surface area contributed by atoms with Crippen molar-refractivity contribution in [1.82, 2.24) is 4.98 Å². The highest BCUT2D eigenvalue weighted by atomic mass is 16.1. The number of fused-ring (bicyclic) bond motifs is 1. The Morgan fingerprint density at radius 3 is 3.08 bits per heavy atom. The van der Waals surface area contributed by atoms with Crippen molar-refractivity contribution < 1.29 is 4.79 Å². The molecule has 2 rings (SSSR count). The molecular formula is C9H11N3O. The van der Waals surface area contributed by atoms with E-state index in [4.69, 9.17) is 11.5 Å². The quantitative estimate of drug-likeness (QED) is 0.616. The highest BCUT2D eigenvalue weighted by molar-refractivity contribution is 5.87. The number of nitrogens with zero attached hydrogens (tertiary/aromatic N) is 1. The van der Waals surface area contributed by atoms with E-state index in [0.29, 0.717) is 6.42 Å². The van der Waals surface area contributed by atoms with Crippen LogP contribution in [0.3, 0.4) is 0 Å². The van der Waals surface area contributed by atoms with Crippen molar-refractivity contribution in [1.29, 1.82) is 0 Å². The predicted octanol–water partition coefficient (Wildman–Crippen LogP) is -0.333. The molecule has 1 atom stereocenters. The van der Waals surface area contributed by atoms with Crippen LogP contribution < -0.4 is 11.5 Å². The number of hydrogen-bond acceptors (Lipinski definition) is 3. The number of carbonyl (C=O) groups is 1. The summed E-state index contributed by atoms with van der Waals surface area (Å²) in [4.78, 5) is 15.1. The molecule has 0 saturated heterocycles. The smallest absolute Gasteiger partial charge is 0.242 e. The fourth-order valence-corrected chi connectivity index (χ4v) is 1.77. The molecule has 1 heterocycles. The molecule has 0 saturated carbocycles. The molecule has 1 amide bonds. The van der Waals surface area contributed by atoms with Crippen LogP contribution in [0.15, 0.2) is 18.5 Å². The first-order valence-corrected chi connectivity index (χ1v) is 4.17. The maximum Gasteiger partial charge on any atom is 0.242 e. The molecule has 4 N–H and O–H groups in total. The van der Waals surface area contributed by atoms with Crippen molar-refractivity contribution in [3.8, 4) is 0 Å². The zero-order valence-electron chi connectivity index (χ0n) is 7.16. The molecule has 4 heteroatoms. The average molecular weight is 177 g/mol. The minimum Gasteiger partial charge on any atom is -0.368 e.